The molecule has 52 heavy (non-hydrogen) atoms. The molecule has 5 fully saturated rings. The summed E-state index contributed by atoms with van der Waals surface area (Å²) in [6, 6.07) is 6.88. The number of halogens is 5. The molecule has 5 aliphatic rings. The van der Waals surface area contributed by atoms with E-state index in [0.29, 0.717) is 42.7 Å². The Hall–Kier alpha value is -3.46. The summed E-state index contributed by atoms with van der Waals surface area (Å²) in [6.07, 6.45) is 4.06. The molecule has 1 aromatic heterocycles. The minimum absolute atomic E-state index is 0.0338. The fraction of sp³-hybridized carbons (Fsp3) is 0.526. The number of aromatic nitrogens is 2. The highest BCUT2D eigenvalue weighted by molar-refractivity contribution is 8.00. The molecule has 4 saturated heterocycles. The van der Waals surface area contributed by atoms with Gasteiger partial charge < -0.3 is 29.7 Å². The van der Waals surface area contributed by atoms with Crippen molar-refractivity contribution in [2.45, 2.75) is 61.5 Å². The number of ether oxygens (including phenoxy) is 2. The Bertz CT molecular complexity index is 2040. The molecule has 9 rings (SSSR count). The van der Waals surface area contributed by atoms with E-state index in [4.69, 9.17) is 14.5 Å². The summed E-state index contributed by atoms with van der Waals surface area (Å²) in [5, 5.41) is 15.1. The van der Waals surface area contributed by atoms with Crippen molar-refractivity contribution < 1.29 is 36.5 Å². The van der Waals surface area contributed by atoms with E-state index < -0.39 is 39.4 Å². The molecule has 4 unspecified atom stereocenters. The van der Waals surface area contributed by atoms with Crippen molar-refractivity contribution in [3.63, 3.8) is 0 Å². The van der Waals surface area contributed by atoms with Gasteiger partial charge in [0.05, 0.1) is 19.8 Å². The number of likely N-dealkylation sites (tertiary alicyclic amines) is 1. The topological polar surface area (TPSA) is 83.0 Å². The molecule has 5 heterocycles. The third-order valence-electron chi connectivity index (χ3n) is 11.7. The van der Waals surface area contributed by atoms with Crippen LogP contribution in [0.1, 0.15) is 38.2 Å². The fourth-order valence-corrected chi connectivity index (χ4v) is 9.80. The van der Waals surface area contributed by atoms with Crippen LogP contribution >= 0.6 is 11.8 Å². The maximum absolute atomic E-state index is 17.4. The molecule has 1 aliphatic carbocycles. The van der Waals surface area contributed by atoms with E-state index in [1.165, 1.54) is 30.3 Å². The van der Waals surface area contributed by atoms with E-state index in [1.807, 2.05) is 4.90 Å². The number of nitrogens with one attached hydrogen (secondary N) is 1. The highest BCUT2D eigenvalue weighted by Crippen LogP contribution is 2.50. The number of fused-ring (bicyclic) bond motifs is 5. The van der Waals surface area contributed by atoms with E-state index in [-0.39, 0.29) is 63.1 Å². The third-order valence-corrected chi connectivity index (χ3v) is 12.5. The van der Waals surface area contributed by atoms with Crippen molar-refractivity contribution in [1.82, 2.24) is 20.2 Å². The van der Waals surface area contributed by atoms with E-state index in [0.717, 1.165) is 58.5 Å². The van der Waals surface area contributed by atoms with Crippen LogP contribution in [0.4, 0.5) is 27.8 Å². The lowest BCUT2D eigenvalue weighted by atomic mass is 9.92. The first-order valence-electron chi connectivity index (χ1n) is 18.1. The quantitative estimate of drug-likeness (QED) is 0.136. The summed E-state index contributed by atoms with van der Waals surface area (Å²) in [5.41, 5.74) is -5.28. The van der Waals surface area contributed by atoms with Crippen LogP contribution in [0.25, 0.3) is 32.8 Å². The minimum Gasteiger partial charge on any atom is -0.508 e. The molecule has 4 aromatic rings. The van der Waals surface area contributed by atoms with E-state index in [2.05, 4.69) is 15.2 Å². The second kappa shape index (κ2) is 12.8. The van der Waals surface area contributed by atoms with Crippen molar-refractivity contribution >= 4 is 39.3 Å². The maximum atomic E-state index is 17.4. The molecule has 0 amide bonds. The summed E-state index contributed by atoms with van der Waals surface area (Å²) in [4.78, 5) is 13.4. The largest absolute Gasteiger partial charge is 0.508 e. The second-order valence-corrected chi connectivity index (χ2v) is 16.5. The van der Waals surface area contributed by atoms with Gasteiger partial charge in [0.15, 0.2) is 5.82 Å². The van der Waals surface area contributed by atoms with Gasteiger partial charge in [-0.2, -0.15) is 23.1 Å². The molecule has 2 bridgehead atoms. The second-order valence-electron chi connectivity index (χ2n) is 15.4. The lowest BCUT2D eigenvalue weighted by molar-refractivity contribution is -0.0328. The Labute approximate surface area is 302 Å². The number of nitrogens with zero attached hydrogens (tertiary/aromatic N) is 4. The zero-order valence-corrected chi connectivity index (χ0v) is 29.6. The molecular weight excluding hydrogens is 702 g/mol. The molecule has 0 spiro atoms. The number of benzene rings is 3. The number of anilines is 1. The number of alkyl halides is 3. The molecule has 4 aliphatic heterocycles. The van der Waals surface area contributed by atoms with E-state index in [9.17, 15) is 18.3 Å². The van der Waals surface area contributed by atoms with Crippen molar-refractivity contribution in [1.29, 1.82) is 0 Å². The van der Waals surface area contributed by atoms with Gasteiger partial charge in [0, 0.05) is 77.9 Å². The molecule has 2 N–H and O–H groups in total. The Kier molecular flexibility index (Phi) is 8.48. The van der Waals surface area contributed by atoms with Gasteiger partial charge in [-0.15, -0.1) is 0 Å². The number of thioether (sulfide) groups is 1. The van der Waals surface area contributed by atoms with Gasteiger partial charge >= 0.3 is 11.5 Å². The molecule has 3 aromatic carbocycles. The van der Waals surface area contributed by atoms with Crippen molar-refractivity contribution in [2.75, 3.05) is 57.4 Å². The van der Waals surface area contributed by atoms with Crippen LogP contribution in [0.15, 0.2) is 35.2 Å². The van der Waals surface area contributed by atoms with Crippen LogP contribution in [-0.2, 0) is 11.2 Å². The Morgan fingerprint density at radius 2 is 1.75 bits per heavy atom. The van der Waals surface area contributed by atoms with Crippen LogP contribution in [-0.4, -0.2) is 90.1 Å². The number of phenols is 1. The van der Waals surface area contributed by atoms with Crippen LogP contribution in [0, 0.1) is 28.9 Å². The first-order valence-corrected chi connectivity index (χ1v) is 19.0. The first kappa shape index (κ1) is 34.3. The molecule has 4 atom stereocenters. The van der Waals surface area contributed by atoms with Crippen molar-refractivity contribution in [3.05, 3.63) is 47.5 Å². The Balaban J connectivity index is 1.17. The number of hydrogen-bond donors (Lipinski definition) is 2. The minimum atomic E-state index is -4.78. The van der Waals surface area contributed by atoms with Gasteiger partial charge in [-0.25, -0.2) is 8.78 Å². The number of aromatic hydroxyl groups is 1. The molecule has 14 heteroatoms. The normalized spacial score (nSPS) is 25.4. The lowest BCUT2D eigenvalue weighted by Crippen LogP contribution is -2.51. The first-order chi connectivity index (χ1) is 25.0. The summed E-state index contributed by atoms with van der Waals surface area (Å²) in [5.74, 6) is -0.424. The fourth-order valence-electron chi connectivity index (χ4n) is 9.07. The number of piperazine rings is 1. The number of aryl methyl sites for hydroxylation is 1. The average Bonchev–Trinajstić information content (AvgIpc) is 3.33. The van der Waals surface area contributed by atoms with Crippen molar-refractivity contribution in [3.8, 4) is 22.9 Å². The number of hydrogen-bond acceptors (Lipinski definition) is 9. The summed E-state index contributed by atoms with van der Waals surface area (Å²) < 4.78 is 87.4. The summed E-state index contributed by atoms with van der Waals surface area (Å²) >= 11 is -0.446. The standard InChI is InChI=1S/C38H40F5N5O3S/c1-2-26-29(39)6-3-20-9-25(49)10-27(31(20)26)32-30(52-38(41,42)43)11-28-34(33(32)40)45-36(46-35(28)48-14-23-4-5-24(15-48)44-23)51-19-37(7-8-37)18-47-12-21-16-50-17-22(21)13-47/h3,6,9-11,21-24,44,49H,2,4-5,7-8,12-19H2,1H3. The highest BCUT2D eigenvalue weighted by atomic mass is 32.2. The van der Waals surface area contributed by atoms with Gasteiger partial charge in [-0.1, -0.05) is 13.0 Å². The Morgan fingerprint density at radius 1 is 1.02 bits per heavy atom. The van der Waals surface area contributed by atoms with Gasteiger partial charge in [0.25, 0.3) is 0 Å². The SMILES string of the molecule is CCc1c(F)ccc2cc(O)cc(-c3c(SC(F)(F)F)cc4c(N5CC6CCC(C5)N6)nc(OCC5(CN6CC7COCC7C6)CC5)nc4c3F)c12. The monoisotopic (exact) mass is 741 g/mol. The van der Waals surface area contributed by atoms with Gasteiger partial charge in [-0.05, 0) is 90.0 Å². The van der Waals surface area contributed by atoms with Gasteiger partial charge in [0.1, 0.15) is 22.9 Å². The number of rotatable bonds is 9. The molecule has 8 nitrogen and oxygen atoms in total. The molecular formula is C38H40F5N5O3S. The average molecular weight is 742 g/mol. The summed E-state index contributed by atoms with van der Waals surface area (Å²) in [6.45, 7) is 7.62. The third kappa shape index (κ3) is 6.32. The predicted molar refractivity (Wildman–Crippen MR) is 189 cm³/mol. The number of phenolic OH excluding ortho intramolecular Hbond substituents is 1. The zero-order chi connectivity index (χ0) is 35.9. The summed E-state index contributed by atoms with van der Waals surface area (Å²) in [7, 11) is 0. The molecule has 1 saturated carbocycles. The van der Waals surface area contributed by atoms with Crippen LogP contribution in [0.5, 0.6) is 11.8 Å². The lowest BCUT2D eigenvalue weighted by Gasteiger charge is -2.34. The molecule has 276 valence electrons. The van der Waals surface area contributed by atoms with Crippen LogP contribution in [0.3, 0.4) is 0 Å². The predicted octanol–water partition coefficient (Wildman–Crippen LogP) is 7.29. The maximum Gasteiger partial charge on any atom is 0.446 e. The van der Waals surface area contributed by atoms with Crippen LogP contribution in [0.2, 0.25) is 0 Å². The molecule has 0 radical (unpaired) electrons. The smallest absolute Gasteiger partial charge is 0.446 e. The van der Waals surface area contributed by atoms with Gasteiger partial charge in [0.2, 0.25) is 0 Å². The Morgan fingerprint density at radius 3 is 2.42 bits per heavy atom. The van der Waals surface area contributed by atoms with Crippen molar-refractivity contribution in [2.24, 2.45) is 17.3 Å². The zero-order valence-electron chi connectivity index (χ0n) is 28.7. The van der Waals surface area contributed by atoms with Gasteiger partial charge in [-0.3, -0.25) is 0 Å². The van der Waals surface area contributed by atoms with E-state index >= 15 is 8.78 Å². The van der Waals surface area contributed by atoms with E-state index in [1.54, 1.807) is 6.92 Å². The van der Waals surface area contributed by atoms with Crippen LogP contribution < -0.4 is 15.0 Å². The highest BCUT2D eigenvalue weighted by Gasteiger charge is 2.48.